The molecule has 0 aliphatic heterocycles. The summed E-state index contributed by atoms with van der Waals surface area (Å²) in [5.41, 5.74) is 1.03. The third-order valence-electron chi connectivity index (χ3n) is 2.84. The summed E-state index contributed by atoms with van der Waals surface area (Å²) in [5.74, 6) is -0.634. The lowest BCUT2D eigenvalue weighted by Crippen LogP contribution is -2.42. The number of carbonyl (C=O) groups is 1. The lowest BCUT2D eigenvalue weighted by Gasteiger charge is -2.29. The van der Waals surface area contributed by atoms with Crippen molar-refractivity contribution in [2.45, 2.75) is 32.3 Å². The SMILES string of the molecule is COC(=O)C(O)C(C)(C)c1c(C)cnn1C. The van der Waals surface area contributed by atoms with E-state index in [0.29, 0.717) is 0 Å². The zero-order valence-corrected chi connectivity index (χ0v) is 10.3. The molecule has 1 atom stereocenters. The van der Waals surface area contributed by atoms with Crippen molar-refractivity contribution in [3.05, 3.63) is 17.5 Å². The first-order chi connectivity index (χ1) is 7.32. The Kier molecular flexibility index (Phi) is 3.38. The van der Waals surface area contributed by atoms with Crippen LogP contribution < -0.4 is 0 Å². The van der Waals surface area contributed by atoms with Crippen LogP contribution in [0.5, 0.6) is 0 Å². The van der Waals surface area contributed by atoms with Crippen LogP contribution in [0.2, 0.25) is 0 Å². The standard InChI is InChI=1S/C11H18N2O3/c1-7-6-12-13(4)8(7)11(2,3)9(14)10(15)16-5/h6,9,14H,1-5H3. The molecule has 0 radical (unpaired) electrons. The van der Waals surface area contributed by atoms with E-state index in [2.05, 4.69) is 9.84 Å². The van der Waals surface area contributed by atoms with E-state index in [1.807, 2.05) is 6.92 Å². The number of rotatable bonds is 3. The molecule has 0 saturated heterocycles. The van der Waals surface area contributed by atoms with E-state index in [-0.39, 0.29) is 0 Å². The van der Waals surface area contributed by atoms with Gasteiger partial charge < -0.3 is 9.84 Å². The highest BCUT2D eigenvalue weighted by atomic mass is 16.5. The molecule has 0 fully saturated rings. The molecule has 1 rings (SSSR count). The zero-order chi connectivity index (χ0) is 12.5. The molecule has 0 aliphatic carbocycles. The molecule has 1 heterocycles. The van der Waals surface area contributed by atoms with Gasteiger partial charge in [-0.1, -0.05) is 13.8 Å². The highest BCUT2D eigenvalue weighted by molar-refractivity contribution is 5.76. The Labute approximate surface area is 95.0 Å². The Morgan fingerprint density at radius 1 is 1.62 bits per heavy atom. The number of esters is 1. The van der Waals surface area contributed by atoms with E-state index in [1.165, 1.54) is 7.11 Å². The van der Waals surface area contributed by atoms with Gasteiger partial charge >= 0.3 is 5.97 Å². The van der Waals surface area contributed by atoms with Crippen molar-refractivity contribution in [2.75, 3.05) is 7.11 Å². The third-order valence-corrected chi connectivity index (χ3v) is 2.84. The van der Waals surface area contributed by atoms with E-state index >= 15 is 0 Å². The van der Waals surface area contributed by atoms with Crippen molar-refractivity contribution in [2.24, 2.45) is 7.05 Å². The number of nitrogens with zero attached hydrogens (tertiary/aromatic N) is 2. The Balaban J connectivity index is 3.15. The normalized spacial score (nSPS) is 13.6. The maximum Gasteiger partial charge on any atom is 0.335 e. The molecule has 0 amide bonds. The first-order valence-electron chi connectivity index (χ1n) is 5.07. The quantitative estimate of drug-likeness (QED) is 0.764. The van der Waals surface area contributed by atoms with Crippen LogP contribution in [0.15, 0.2) is 6.20 Å². The number of aromatic nitrogens is 2. The second-order valence-corrected chi connectivity index (χ2v) is 4.45. The minimum Gasteiger partial charge on any atom is -0.467 e. The Hall–Kier alpha value is -1.36. The monoisotopic (exact) mass is 226 g/mol. The first-order valence-corrected chi connectivity index (χ1v) is 5.07. The van der Waals surface area contributed by atoms with Gasteiger partial charge in [0, 0.05) is 18.2 Å². The largest absolute Gasteiger partial charge is 0.467 e. The fraction of sp³-hybridized carbons (Fsp3) is 0.636. The van der Waals surface area contributed by atoms with Crippen LogP contribution in [-0.4, -0.2) is 34.1 Å². The molecule has 5 heteroatoms. The van der Waals surface area contributed by atoms with Gasteiger partial charge in [-0.2, -0.15) is 5.10 Å². The molecule has 1 unspecified atom stereocenters. The first kappa shape index (κ1) is 12.7. The molecule has 0 saturated carbocycles. The van der Waals surface area contributed by atoms with Gasteiger partial charge in [0.15, 0.2) is 6.10 Å². The summed E-state index contributed by atoms with van der Waals surface area (Å²) in [5, 5.41) is 14.1. The maximum atomic E-state index is 11.4. The summed E-state index contributed by atoms with van der Waals surface area (Å²) in [7, 11) is 3.05. The highest BCUT2D eigenvalue weighted by Gasteiger charge is 2.39. The number of carbonyl (C=O) groups excluding carboxylic acids is 1. The molecule has 0 aromatic carbocycles. The van der Waals surface area contributed by atoms with Crippen LogP contribution in [0, 0.1) is 6.92 Å². The molecule has 16 heavy (non-hydrogen) atoms. The van der Waals surface area contributed by atoms with Crippen LogP contribution in [0.25, 0.3) is 0 Å². The van der Waals surface area contributed by atoms with E-state index < -0.39 is 17.5 Å². The highest BCUT2D eigenvalue weighted by Crippen LogP contribution is 2.29. The van der Waals surface area contributed by atoms with Gasteiger partial charge in [0.2, 0.25) is 0 Å². The third kappa shape index (κ3) is 1.95. The summed E-state index contributed by atoms with van der Waals surface area (Å²) in [6, 6.07) is 0. The zero-order valence-electron chi connectivity index (χ0n) is 10.3. The summed E-state index contributed by atoms with van der Waals surface area (Å²) in [4.78, 5) is 11.4. The maximum absolute atomic E-state index is 11.4. The molecular formula is C11H18N2O3. The van der Waals surface area contributed by atoms with Gasteiger partial charge in [0.25, 0.3) is 0 Å². The minimum atomic E-state index is -1.20. The fourth-order valence-electron chi connectivity index (χ4n) is 2.01. The Morgan fingerprint density at radius 2 is 2.19 bits per heavy atom. The van der Waals surface area contributed by atoms with Crippen LogP contribution in [-0.2, 0) is 22.0 Å². The van der Waals surface area contributed by atoms with Gasteiger partial charge in [0.1, 0.15) is 0 Å². The number of hydrogen-bond acceptors (Lipinski definition) is 4. The number of aliphatic hydroxyl groups is 1. The molecule has 1 N–H and O–H groups in total. The number of methoxy groups -OCH3 is 1. The minimum absolute atomic E-state index is 0.634. The molecular weight excluding hydrogens is 208 g/mol. The molecule has 0 bridgehead atoms. The number of aryl methyl sites for hydroxylation is 2. The van der Waals surface area contributed by atoms with Gasteiger partial charge in [-0.15, -0.1) is 0 Å². The van der Waals surface area contributed by atoms with Gasteiger partial charge in [-0.05, 0) is 12.5 Å². The van der Waals surface area contributed by atoms with Crippen molar-refractivity contribution in [3.63, 3.8) is 0 Å². The van der Waals surface area contributed by atoms with Gasteiger partial charge in [-0.25, -0.2) is 4.79 Å². The van der Waals surface area contributed by atoms with Crippen molar-refractivity contribution >= 4 is 5.97 Å². The second kappa shape index (κ2) is 4.25. The van der Waals surface area contributed by atoms with Crippen LogP contribution in [0.3, 0.4) is 0 Å². The van der Waals surface area contributed by atoms with Crippen molar-refractivity contribution in [1.29, 1.82) is 0 Å². The summed E-state index contributed by atoms with van der Waals surface area (Å²) in [6.07, 6.45) is 0.507. The lowest BCUT2D eigenvalue weighted by atomic mass is 9.81. The summed E-state index contributed by atoms with van der Waals surface area (Å²) >= 11 is 0. The molecule has 1 aromatic rings. The van der Waals surface area contributed by atoms with Crippen LogP contribution >= 0.6 is 0 Å². The summed E-state index contributed by atoms with van der Waals surface area (Å²) < 4.78 is 6.23. The topological polar surface area (TPSA) is 64.3 Å². The van der Waals surface area contributed by atoms with E-state index in [1.54, 1.807) is 31.8 Å². The number of aliphatic hydroxyl groups excluding tert-OH is 1. The molecule has 1 aromatic heterocycles. The predicted molar refractivity (Wildman–Crippen MR) is 59.0 cm³/mol. The molecule has 0 spiro atoms. The van der Waals surface area contributed by atoms with Crippen molar-refractivity contribution < 1.29 is 14.6 Å². The Bertz CT molecular complexity index is 376. The van der Waals surface area contributed by atoms with Crippen molar-refractivity contribution in [3.8, 4) is 0 Å². The second-order valence-electron chi connectivity index (χ2n) is 4.45. The van der Waals surface area contributed by atoms with Crippen LogP contribution in [0.4, 0.5) is 0 Å². The summed E-state index contributed by atoms with van der Waals surface area (Å²) in [6.45, 7) is 5.48. The average molecular weight is 226 g/mol. The fourth-order valence-corrected chi connectivity index (χ4v) is 2.01. The van der Waals surface area contributed by atoms with Crippen molar-refractivity contribution in [1.82, 2.24) is 9.78 Å². The molecule has 0 aliphatic rings. The van der Waals surface area contributed by atoms with Gasteiger partial charge in [-0.3, -0.25) is 4.68 Å². The molecule has 5 nitrogen and oxygen atoms in total. The Morgan fingerprint density at radius 3 is 2.56 bits per heavy atom. The molecule has 90 valence electrons. The van der Waals surface area contributed by atoms with Crippen LogP contribution in [0.1, 0.15) is 25.1 Å². The smallest absolute Gasteiger partial charge is 0.335 e. The number of hydrogen-bond donors (Lipinski definition) is 1. The predicted octanol–water partition coefficient (Wildman–Crippen LogP) is 0.540. The van der Waals surface area contributed by atoms with E-state index in [4.69, 9.17) is 0 Å². The van der Waals surface area contributed by atoms with Gasteiger partial charge in [0.05, 0.1) is 13.3 Å². The lowest BCUT2D eigenvalue weighted by molar-refractivity contribution is -0.154. The van der Waals surface area contributed by atoms with E-state index in [0.717, 1.165) is 11.3 Å². The average Bonchev–Trinajstić information content (AvgIpc) is 2.56. The van der Waals surface area contributed by atoms with E-state index in [9.17, 15) is 9.90 Å². The number of ether oxygens (including phenoxy) is 1.